The van der Waals surface area contributed by atoms with E-state index in [4.69, 9.17) is 5.73 Å². The number of nitrogens with two attached hydrogens (primary N) is 1. The number of carbonyl (C=O) groups excluding carboxylic acids is 1. The first-order valence-corrected chi connectivity index (χ1v) is 6.10. The molecule has 1 rings (SSSR count). The molecule has 0 atom stereocenters. The first-order chi connectivity index (χ1) is 8.10. The highest BCUT2D eigenvalue weighted by Crippen LogP contribution is 2.07. The maximum absolute atomic E-state index is 12.3. The van der Waals surface area contributed by atoms with Gasteiger partial charge in [0, 0.05) is 26.7 Å². The van der Waals surface area contributed by atoms with E-state index in [1.54, 1.807) is 16.6 Å². The standard InChI is InChI=1S/C12H22N4O/c1-4-5-7-16(8-6-13)12(17)11-9-10(2)14-15(11)3/h9H,4-8,13H2,1-3H3. The second-order valence-electron chi connectivity index (χ2n) is 4.23. The molecule has 5 heteroatoms. The van der Waals surface area contributed by atoms with Gasteiger partial charge in [-0.2, -0.15) is 5.10 Å². The monoisotopic (exact) mass is 238 g/mol. The molecule has 17 heavy (non-hydrogen) atoms. The molecule has 1 aromatic rings. The molecule has 1 amide bonds. The molecule has 0 aliphatic carbocycles. The molecule has 5 nitrogen and oxygen atoms in total. The van der Waals surface area contributed by atoms with Crippen molar-refractivity contribution in [3.63, 3.8) is 0 Å². The number of hydrogen-bond acceptors (Lipinski definition) is 3. The first kappa shape index (κ1) is 13.7. The van der Waals surface area contributed by atoms with Crippen LogP contribution in [0.3, 0.4) is 0 Å². The maximum atomic E-state index is 12.3. The summed E-state index contributed by atoms with van der Waals surface area (Å²) >= 11 is 0. The van der Waals surface area contributed by atoms with Crippen LogP contribution in [0.1, 0.15) is 35.9 Å². The van der Waals surface area contributed by atoms with Gasteiger partial charge in [0.15, 0.2) is 0 Å². The van der Waals surface area contributed by atoms with Crippen molar-refractivity contribution in [2.75, 3.05) is 19.6 Å². The van der Waals surface area contributed by atoms with E-state index in [1.807, 2.05) is 13.0 Å². The molecular weight excluding hydrogens is 216 g/mol. The van der Waals surface area contributed by atoms with E-state index in [0.29, 0.717) is 18.8 Å². The predicted molar refractivity (Wildman–Crippen MR) is 67.8 cm³/mol. The van der Waals surface area contributed by atoms with E-state index in [2.05, 4.69) is 12.0 Å². The Bertz CT molecular complexity index is 373. The summed E-state index contributed by atoms with van der Waals surface area (Å²) in [6, 6.07) is 1.82. The Morgan fingerprint density at radius 1 is 1.53 bits per heavy atom. The second-order valence-corrected chi connectivity index (χ2v) is 4.23. The molecule has 0 aliphatic rings. The van der Waals surface area contributed by atoms with E-state index in [9.17, 15) is 4.79 Å². The van der Waals surface area contributed by atoms with Crippen LogP contribution < -0.4 is 5.73 Å². The third kappa shape index (κ3) is 3.56. The Morgan fingerprint density at radius 3 is 2.71 bits per heavy atom. The average Bonchev–Trinajstić information content (AvgIpc) is 2.63. The lowest BCUT2D eigenvalue weighted by atomic mass is 10.2. The van der Waals surface area contributed by atoms with Crippen molar-refractivity contribution in [3.05, 3.63) is 17.5 Å². The smallest absolute Gasteiger partial charge is 0.272 e. The Morgan fingerprint density at radius 2 is 2.24 bits per heavy atom. The van der Waals surface area contributed by atoms with Crippen LogP contribution >= 0.6 is 0 Å². The lowest BCUT2D eigenvalue weighted by Crippen LogP contribution is -2.37. The van der Waals surface area contributed by atoms with E-state index < -0.39 is 0 Å². The van der Waals surface area contributed by atoms with Crippen LogP contribution in [0.2, 0.25) is 0 Å². The number of amides is 1. The second kappa shape index (κ2) is 6.39. The molecular formula is C12H22N4O. The van der Waals surface area contributed by atoms with Crippen LogP contribution in [0.5, 0.6) is 0 Å². The molecule has 0 aliphatic heterocycles. The molecule has 0 bridgehead atoms. The van der Waals surface area contributed by atoms with Gasteiger partial charge in [-0.25, -0.2) is 0 Å². The van der Waals surface area contributed by atoms with Gasteiger partial charge in [0.1, 0.15) is 5.69 Å². The van der Waals surface area contributed by atoms with E-state index in [1.165, 1.54) is 0 Å². The Kier molecular flexibility index (Phi) is 5.15. The summed E-state index contributed by atoms with van der Waals surface area (Å²) in [5.74, 6) is 0.0204. The van der Waals surface area contributed by atoms with Crippen LogP contribution in [0.4, 0.5) is 0 Å². The molecule has 2 N–H and O–H groups in total. The lowest BCUT2D eigenvalue weighted by molar-refractivity contribution is 0.0747. The van der Waals surface area contributed by atoms with E-state index >= 15 is 0 Å². The summed E-state index contributed by atoms with van der Waals surface area (Å²) in [4.78, 5) is 14.1. The number of hydrogen-bond donors (Lipinski definition) is 1. The molecule has 96 valence electrons. The van der Waals surface area contributed by atoms with E-state index in [-0.39, 0.29) is 5.91 Å². The van der Waals surface area contributed by atoms with Gasteiger partial charge in [0.25, 0.3) is 5.91 Å². The third-order valence-corrected chi connectivity index (χ3v) is 2.69. The zero-order valence-electron chi connectivity index (χ0n) is 10.9. The largest absolute Gasteiger partial charge is 0.336 e. The quantitative estimate of drug-likeness (QED) is 0.802. The lowest BCUT2D eigenvalue weighted by Gasteiger charge is -2.21. The molecule has 0 saturated heterocycles. The van der Waals surface area contributed by atoms with Crippen molar-refractivity contribution in [3.8, 4) is 0 Å². The minimum absolute atomic E-state index is 0.0204. The molecule has 1 aromatic heterocycles. The van der Waals surface area contributed by atoms with Crippen molar-refractivity contribution in [1.29, 1.82) is 0 Å². The summed E-state index contributed by atoms with van der Waals surface area (Å²) in [6.45, 7) is 5.85. The minimum Gasteiger partial charge on any atom is -0.336 e. The number of aromatic nitrogens is 2. The number of carbonyl (C=O) groups is 1. The minimum atomic E-state index is 0.0204. The maximum Gasteiger partial charge on any atom is 0.272 e. The number of rotatable bonds is 6. The summed E-state index contributed by atoms with van der Waals surface area (Å²) in [5.41, 5.74) is 7.04. The normalized spacial score (nSPS) is 10.6. The molecule has 0 radical (unpaired) electrons. The zero-order valence-corrected chi connectivity index (χ0v) is 10.9. The predicted octanol–water partition coefficient (Wildman–Crippen LogP) is 0.930. The third-order valence-electron chi connectivity index (χ3n) is 2.69. The van der Waals surface area contributed by atoms with Crippen molar-refractivity contribution in [2.45, 2.75) is 26.7 Å². The molecule has 0 spiro atoms. The summed E-state index contributed by atoms with van der Waals surface area (Å²) in [5, 5.41) is 4.19. The fraction of sp³-hybridized carbons (Fsp3) is 0.667. The highest BCUT2D eigenvalue weighted by atomic mass is 16.2. The van der Waals surface area contributed by atoms with Gasteiger partial charge in [0.2, 0.25) is 0 Å². The average molecular weight is 238 g/mol. The molecule has 0 saturated carbocycles. The Hall–Kier alpha value is -1.36. The van der Waals surface area contributed by atoms with Crippen molar-refractivity contribution in [2.24, 2.45) is 12.8 Å². The SMILES string of the molecule is CCCCN(CCN)C(=O)c1cc(C)nn1C. The van der Waals surface area contributed by atoms with Gasteiger partial charge in [0.05, 0.1) is 5.69 Å². The van der Waals surface area contributed by atoms with Gasteiger partial charge < -0.3 is 10.6 Å². The molecule has 0 aromatic carbocycles. The summed E-state index contributed by atoms with van der Waals surface area (Å²) < 4.78 is 1.63. The fourth-order valence-electron chi connectivity index (χ4n) is 1.79. The van der Waals surface area contributed by atoms with Crippen LogP contribution in [-0.2, 0) is 7.05 Å². The Balaban J connectivity index is 2.79. The van der Waals surface area contributed by atoms with Crippen molar-refractivity contribution < 1.29 is 4.79 Å². The van der Waals surface area contributed by atoms with Crippen LogP contribution in [0.25, 0.3) is 0 Å². The fourth-order valence-corrected chi connectivity index (χ4v) is 1.79. The highest BCUT2D eigenvalue weighted by molar-refractivity contribution is 5.92. The number of aryl methyl sites for hydroxylation is 2. The highest BCUT2D eigenvalue weighted by Gasteiger charge is 2.18. The van der Waals surface area contributed by atoms with Crippen molar-refractivity contribution >= 4 is 5.91 Å². The molecule has 1 heterocycles. The van der Waals surface area contributed by atoms with Gasteiger partial charge >= 0.3 is 0 Å². The van der Waals surface area contributed by atoms with Gasteiger partial charge in [-0.3, -0.25) is 9.48 Å². The summed E-state index contributed by atoms with van der Waals surface area (Å²) in [7, 11) is 1.79. The molecule has 0 fully saturated rings. The summed E-state index contributed by atoms with van der Waals surface area (Å²) in [6.07, 6.45) is 2.07. The van der Waals surface area contributed by atoms with Gasteiger partial charge in [-0.15, -0.1) is 0 Å². The number of nitrogens with zero attached hydrogens (tertiary/aromatic N) is 3. The van der Waals surface area contributed by atoms with Crippen LogP contribution in [0, 0.1) is 6.92 Å². The van der Waals surface area contributed by atoms with Crippen LogP contribution in [0.15, 0.2) is 6.07 Å². The number of unbranched alkanes of at least 4 members (excludes halogenated alkanes) is 1. The van der Waals surface area contributed by atoms with Crippen molar-refractivity contribution in [1.82, 2.24) is 14.7 Å². The van der Waals surface area contributed by atoms with Crippen LogP contribution in [-0.4, -0.2) is 40.2 Å². The Labute approximate surface area is 103 Å². The van der Waals surface area contributed by atoms with E-state index in [0.717, 1.165) is 25.1 Å². The van der Waals surface area contributed by atoms with Gasteiger partial charge in [-0.1, -0.05) is 13.3 Å². The zero-order chi connectivity index (χ0) is 12.8. The molecule has 0 unspecified atom stereocenters. The first-order valence-electron chi connectivity index (χ1n) is 6.10. The topological polar surface area (TPSA) is 64.2 Å². The van der Waals surface area contributed by atoms with Gasteiger partial charge in [-0.05, 0) is 19.4 Å².